The van der Waals surface area contributed by atoms with Gasteiger partial charge in [-0.25, -0.2) is 9.97 Å². The van der Waals surface area contributed by atoms with Gasteiger partial charge in [0.25, 0.3) is 0 Å². The van der Waals surface area contributed by atoms with Crippen LogP contribution in [-0.4, -0.2) is 50.3 Å². The van der Waals surface area contributed by atoms with Gasteiger partial charge in [-0.3, -0.25) is 4.79 Å². The standard InChI is InChI=1S/C23H31N7OS/c1-15-16(2)32-23-20(15)21(25-14-26-23)29-12-8-17(9-13-29)22(31)24-10-7-19-28-27-18-6-4-3-5-11-30(18)19/h14,17H,3-13H2,1-2H3,(H,24,31). The number of nitrogens with zero attached hydrogens (tertiary/aromatic N) is 6. The molecule has 3 aromatic heterocycles. The van der Waals surface area contributed by atoms with Gasteiger partial charge in [-0.1, -0.05) is 6.42 Å². The number of hydrogen-bond acceptors (Lipinski definition) is 7. The summed E-state index contributed by atoms with van der Waals surface area (Å²) >= 11 is 1.73. The first kappa shape index (κ1) is 21.3. The van der Waals surface area contributed by atoms with E-state index in [-0.39, 0.29) is 11.8 Å². The molecule has 1 fully saturated rings. The minimum Gasteiger partial charge on any atom is -0.356 e. The normalized spacial score (nSPS) is 17.4. The summed E-state index contributed by atoms with van der Waals surface area (Å²) in [6.07, 6.45) is 8.75. The van der Waals surface area contributed by atoms with Crippen molar-refractivity contribution in [2.24, 2.45) is 5.92 Å². The average molecular weight is 454 g/mol. The third kappa shape index (κ3) is 4.10. The molecule has 1 amide bonds. The van der Waals surface area contributed by atoms with Crippen molar-refractivity contribution < 1.29 is 4.79 Å². The minimum atomic E-state index is 0.0596. The fourth-order valence-electron chi connectivity index (χ4n) is 4.93. The lowest BCUT2D eigenvalue weighted by molar-refractivity contribution is -0.125. The molecule has 0 spiro atoms. The highest BCUT2D eigenvalue weighted by molar-refractivity contribution is 7.18. The Morgan fingerprint density at radius 3 is 2.81 bits per heavy atom. The number of rotatable bonds is 5. The van der Waals surface area contributed by atoms with E-state index >= 15 is 0 Å². The molecule has 0 radical (unpaired) electrons. The smallest absolute Gasteiger partial charge is 0.223 e. The van der Waals surface area contributed by atoms with Gasteiger partial charge in [0.1, 0.15) is 28.6 Å². The summed E-state index contributed by atoms with van der Waals surface area (Å²) < 4.78 is 2.26. The third-order valence-electron chi connectivity index (χ3n) is 6.94. The fraction of sp³-hybridized carbons (Fsp3) is 0.609. The van der Waals surface area contributed by atoms with Gasteiger partial charge in [0, 0.05) is 49.8 Å². The summed E-state index contributed by atoms with van der Waals surface area (Å²) in [5.74, 6) is 3.35. The van der Waals surface area contributed by atoms with Gasteiger partial charge >= 0.3 is 0 Å². The summed E-state index contributed by atoms with van der Waals surface area (Å²) in [6.45, 7) is 7.60. The number of aryl methyl sites for hydroxylation is 3. The first-order valence-corrected chi connectivity index (χ1v) is 12.6. The third-order valence-corrected chi connectivity index (χ3v) is 8.06. The van der Waals surface area contributed by atoms with Crippen LogP contribution in [0.15, 0.2) is 6.33 Å². The zero-order chi connectivity index (χ0) is 22.1. The van der Waals surface area contributed by atoms with Crippen molar-refractivity contribution in [2.75, 3.05) is 24.5 Å². The predicted octanol–water partition coefficient (Wildman–Crippen LogP) is 3.20. The zero-order valence-corrected chi connectivity index (χ0v) is 19.7. The highest BCUT2D eigenvalue weighted by Crippen LogP contribution is 2.35. The van der Waals surface area contributed by atoms with Crippen molar-refractivity contribution >= 4 is 33.3 Å². The Bertz CT molecular complexity index is 1110. The summed E-state index contributed by atoms with van der Waals surface area (Å²) in [6, 6.07) is 0. The second-order valence-corrected chi connectivity index (χ2v) is 10.2. The minimum absolute atomic E-state index is 0.0596. The predicted molar refractivity (Wildman–Crippen MR) is 126 cm³/mol. The molecule has 9 heteroatoms. The first-order valence-electron chi connectivity index (χ1n) is 11.8. The van der Waals surface area contributed by atoms with Crippen molar-refractivity contribution in [2.45, 2.75) is 65.3 Å². The first-order chi connectivity index (χ1) is 15.6. The van der Waals surface area contributed by atoms with Crippen molar-refractivity contribution in [1.29, 1.82) is 0 Å². The molecule has 8 nitrogen and oxygen atoms in total. The molecule has 5 heterocycles. The van der Waals surface area contributed by atoms with Crippen molar-refractivity contribution in [3.8, 4) is 0 Å². The number of piperidine rings is 1. The number of aromatic nitrogens is 5. The van der Waals surface area contributed by atoms with Crippen LogP contribution in [0.1, 0.15) is 54.2 Å². The van der Waals surface area contributed by atoms with Gasteiger partial charge in [-0.05, 0) is 45.1 Å². The van der Waals surface area contributed by atoms with Crippen LogP contribution in [0.3, 0.4) is 0 Å². The van der Waals surface area contributed by atoms with E-state index < -0.39 is 0 Å². The Morgan fingerprint density at radius 2 is 1.97 bits per heavy atom. The summed E-state index contributed by atoms with van der Waals surface area (Å²) in [5.41, 5.74) is 1.27. The largest absolute Gasteiger partial charge is 0.356 e. The number of carbonyl (C=O) groups is 1. The van der Waals surface area contributed by atoms with Crippen LogP contribution in [-0.2, 0) is 24.2 Å². The van der Waals surface area contributed by atoms with Crippen molar-refractivity contribution in [3.05, 3.63) is 28.4 Å². The van der Waals surface area contributed by atoms with Crippen LogP contribution in [0.2, 0.25) is 0 Å². The number of fused-ring (bicyclic) bond motifs is 2. The van der Waals surface area contributed by atoms with Crippen LogP contribution in [0, 0.1) is 19.8 Å². The molecule has 1 saturated heterocycles. The zero-order valence-electron chi connectivity index (χ0n) is 18.9. The van der Waals surface area contributed by atoms with Gasteiger partial charge in [-0.2, -0.15) is 0 Å². The summed E-state index contributed by atoms with van der Waals surface area (Å²) in [4.78, 5) is 26.5. The van der Waals surface area contributed by atoms with E-state index in [1.54, 1.807) is 17.7 Å². The van der Waals surface area contributed by atoms with E-state index in [4.69, 9.17) is 0 Å². The summed E-state index contributed by atoms with van der Waals surface area (Å²) in [5, 5.41) is 13.0. The number of nitrogens with one attached hydrogen (secondary N) is 1. The highest BCUT2D eigenvalue weighted by atomic mass is 32.1. The van der Waals surface area contributed by atoms with Crippen molar-refractivity contribution in [1.82, 2.24) is 30.0 Å². The van der Waals surface area contributed by atoms with Crippen LogP contribution in [0.4, 0.5) is 5.82 Å². The molecule has 0 bridgehead atoms. The molecule has 0 unspecified atom stereocenters. The second kappa shape index (κ2) is 9.13. The Morgan fingerprint density at radius 1 is 1.12 bits per heavy atom. The molecule has 1 N–H and O–H groups in total. The van der Waals surface area contributed by atoms with Gasteiger partial charge < -0.3 is 14.8 Å². The van der Waals surface area contributed by atoms with E-state index in [1.165, 1.54) is 35.1 Å². The molecular formula is C23H31N7OS. The van der Waals surface area contributed by atoms with Gasteiger partial charge in [-0.15, -0.1) is 21.5 Å². The van der Waals surface area contributed by atoms with Gasteiger partial charge in [0.2, 0.25) is 5.91 Å². The Balaban J connectivity index is 1.15. The molecule has 0 aliphatic carbocycles. The fourth-order valence-corrected chi connectivity index (χ4v) is 5.92. The Kier molecular flexibility index (Phi) is 6.08. The molecule has 0 atom stereocenters. The van der Waals surface area contributed by atoms with Crippen LogP contribution >= 0.6 is 11.3 Å². The van der Waals surface area contributed by atoms with E-state index in [1.807, 2.05) is 0 Å². The maximum Gasteiger partial charge on any atom is 0.223 e. The molecular weight excluding hydrogens is 422 g/mol. The number of amides is 1. The van der Waals surface area contributed by atoms with E-state index in [2.05, 4.69) is 48.8 Å². The molecule has 3 aromatic rings. The maximum absolute atomic E-state index is 12.8. The quantitative estimate of drug-likeness (QED) is 0.638. The number of anilines is 1. The highest BCUT2D eigenvalue weighted by Gasteiger charge is 2.27. The monoisotopic (exact) mass is 453 g/mol. The lowest BCUT2D eigenvalue weighted by atomic mass is 9.95. The van der Waals surface area contributed by atoms with Gasteiger partial charge in [0.15, 0.2) is 0 Å². The Labute approximate surface area is 192 Å². The van der Waals surface area contributed by atoms with Crippen molar-refractivity contribution in [3.63, 3.8) is 0 Å². The molecule has 5 rings (SSSR count). The maximum atomic E-state index is 12.8. The average Bonchev–Trinajstić information content (AvgIpc) is 3.22. The number of thiophene rings is 1. The molecule has 2 aliphatic rings. The van der Waals surface area contributed by atoms with E-state index in [0.717, 1.165) is 67.6 Å². The van der Waals surface area contributed by atoms with E-state index in [9.17, 15) is 4.79 Å². The lowest BCUT2D eigenvalue weighted by Crippen LogP contribution is -2.41. The molecule has 0 saturated carbocycles. The molecule has 0 aromatic carbocycles. The number of carbonyl (C=O) groups excluding carboxylic acids is 1. The lowest BCUT2D eigenvalue weighted by Gasteiger charge is -2.32. The molecule has 32 heavy (non-hydrogen) atoms. The Hall–Kier alpha value is -2.55. The van der Waals surface area contributed by atoms with Crippen LogP contribution < -0.4 is 10.2 Å². The van der Waals surface area contributed by atoms with E-state index in [0.29, 0.717) is 6.54 Å². The van der Waals surface area contributed by atoms with Gasteiger partial charge in [0.05, 0.1) is 5.39 Å². The van der Waals surface area contributed by atoms with Crippen LogP contribution in [0.25, 0.3) is 10.2 Å². The summed E-state index contributed by atoms with van der Waals surface area (Å²) in [7, 11) is 0. The second-order valence-electron chi connectivity index (χ2n) is 8.96. The SMILES string of the molecule is Cc1sc2ncnc(N3CCC(C(=O)NCCc4nnc5n4CCCCC5)CC3)c2c1C. The number of hydrogen-bond donors (Lipinski definition) is 1. The molecule has 170 valence electrons. The molecule has 2 aliphatic heterocycles. The van der Waals surface area contributed by atoms with Crippen LogP contribution in [0.5, 0.6) is 0 Å². The topological polar surface area (TPSA) is 88.8 Å².